The molecule has 2 aromatic heterocycles. The lowest BCUT2D eigenvalue weighted by molar-refractivity contribution is -0.106. The highest BCUT2D eigenvalue weighted by molar-refractivity contribution is 5.86. The molecule has 0 amide bonds. The summed E-state index contributed by atoms with van der Waals surface area (Å²) >= 11 is 0. The molecule has 3 N–H and O–H groups in total. The van der Waals surface area contributed by atoms with Gasteiger partial charge in [-0.2, -0.15) is 9.97 Å². The van der Waals surface area contributed by atoms with E-state index in [4.69, 9.17) is 9.68 Å². The number of benzene rings is 2. The van der Waals surface area contributed by atoms with Gasteiger partial charge in [0, 0.05) is 11.7 Å². The van der Waals surface area contributed by atoms with Gasteiger partial charge in [0.05, 0.1) is 19.5 Å². The Morgan fingerprint density at radius 3 is 2.18 bits per heavy atom. The number of imidazole rings is 1. The second-order valence-corrected chi connectivity index (χ2v) is 7.73. The van der Waals surface area contributed by atoms with Crippen LogP contribution in [0.15, 0.2) is 60.9 Å². The van der Waals surface area contributed by atoms with Crippen LogP contribution in [-0.2, 0) is 9.68 Å². The average molecular weight is 465 g/mol. The molecule has 4 rings (SSSR count). The van der Waals surface area contributed by atoms with Crippen LogP contribution in [-0.4, -0.2) is 56.2 Å². The lowest BCUT2D eigenvalue weighted by Gasteiger charge is -2.21. The van der Waals surface area contributed by atoms with E-state index in [0.29, 0.717) is 17.0 Å². The van der Waals surface area contributed by atoms with Crippen LogP contribution in [0.25, 0.3) is 22.3 Å². The van der Waals surface area contributed by atoms with Crippen LogP contribution in [0.4, 0.5) is 17.5 Å². The number of hydrogen-bond donors (Lipinski definition) is 3. The quantitative estimate of drug-likeness (QED) is 0.287. The van der Waals surface area contributed by atoms with Crippen molar-refractivity contribution in [2.24, 2.45) is 0 Å². The normalized spacial score (nSPS) is 11.3. The summed E-state index contributed by atoms with van der Waals surface area (Å²) in [7, 11) is 0. The molecule has 0 atom stereocenters. The Morgan fingerprint density at radius 2 is 1.56 bits per heavy atom. The minimum absolute atomic E-state index is 0.0278. The van der Waals surface area contributed by atoms with Crippen LogP contribution in [0.1, 0.15) is 19.9 Å². The molecule has 0 bridgehead atoms. The fourth-order valence-corrected chi connectivity index (χ4v) is 3.37. The smallest absolute Gasteiger partial charge is 0.281 e. The Balaban J connectivity index is 1.70. The van der Waals surface area contributed by atoms with E-state index < -0.39 is 0 Å². The van der Waals surface area contributed by atoms with Gasteiger partial charge in [0.25, 0.3) is 5.95 Å². The van der Waals surface area contributed by atoms with Crippen LogP contribution in [0, 0.1) is 0 Å². The zero-order valence-electron chi connectivity index (χ0n) is 19.1. The van der Waals surface area contributed by atoms with Crippen molar-refractivity contribution in [2.75, 3.05) is 37.0 Å². The molecular weight excluding hydrogens is 436 g/mol. The van der Waals surface area contributed by atoms with Crippen LogP contribution < -0.4 is 10.5 Å². The second kappa shape index (κ2) is 11.0. The van der Waals surface area contributed by atoms with Crippen LogP contribution >= 0.6 is 0 Å². The van der Waals surface area contributed by atoms with E-state index in [9.17, 15) is 10.2 Å². The molecule has 0 saturated carbocycles. The first-order valence-corrected chi connectivity index (χ1v) is 11.1. The largest absolute Gasteiger partial charge is 0.394 e. The number of nitrogens with zero attached hydrogens (tertiary/aromatic N) is 5. The second-order valence-electron chi connectivity index (χ2n) is 7.73. The predicted molar refractivity (Wildman–Crippen MR) is 129 cm³/mol. The number of anilines is 3. The van der Waals surface area contributed by atoms with Gasteiger partial charge in [0.15, 0.2) is 17.0 Å². The SMILES string of the molecule is CC(C)n1cnc2c(Nc3ccc(-c4ccccc4)cc3)nc(N(OCCO)OCCO)nc21. The molecule has 0 aliphatic heterocycles. The summed E-state index contributed by atoms with van der Waals surface area (Å²) in [5, 5.41) is 22.7. The fraction of sp³-hybridized carbons (Fsp3) is 0.292. The molecule has 10 heteroatoms. The van der Waals surface area contributed by atoms with E-state index in [1.54, 1.807) is 6.33 Å². The molecule has 0 aliphatic rings. The highest BCUT2D eigenvalue weighted by Gasteiger charge is 2.20. The topological polar surface area (TPSA) is 118 Å². The summed E-state index contributed by atoms with van der Waals surface area (Å²) in [4.78, 5) is 24.6. The molecule has 0 radical (unpaired) electrons. The Kier molecular flexibility index (Phi) is 7.65. The highest BCUT2D eigenvalue weighted by atomic mass is 17.0. The molecule has 0 spiro atoms. The molecule has 2 aromatic carbocycles. The maximum absolute atomic E-state index is 9.17. The number of aromatic nitrogens is 4. The predicted octanol–water partition coefficient (Wildman–Crippen LogP) is 3.47. The highest BCUT2D eigenvalue weighted by Crippen LogP contribution is 2.28. The van der Waals surface area contributed by atoms with Crippen molar-refractivity contribution in [3.05, 3.63) is 60.9 Å². The van der Waals surface area contributed by atoms with E-state index in [2.05, 4.69) is 32.4 Å². The van der Waals surface area contributed by atoms with Gasteiger partial charge in [-0.25, -0.2) is 14.7 Å². The third kappa shape index (κ3) is 5.32. The molecule has 0 unspecified atom stereocenters. The van der Waals surface area contributed by atoms with Gasteiger partial charge < -0.3 is 20.1 Å². The molecule has 178 valence electrons. The number of rotatable bonds is 11. The summed E-state index contributed by atoms with van der Waals surface area (Å²) in [6, 6.07) is 18.2. The first-order chi connectivity index (χ1) is 16.6. The zero-order valence-corrected chi connectivity index (χ0v) is 19.1. The molecule has 0 fully saturated rings. The van der Waals surface area contributed by atoms with Crippen molar-refractivity contribution in [1.82, 2.24) is 19.5 Å². The van der Waals surface area contributed by atoms with Gasteiger partial charge in [-0.05, 0) is 37.1 Å². The van der Waals surface area contributed by atoms with Gasteiger partial charge in [0.1, 0.15) is 13.2 Å². The summed E-state index contributed by atoms with van der Waals surface area (Å²) in [5.41, 5.74) is 4.24. The molecule has 0 aliphatic carbocycles. The Bertz CT molecular complexity index is 1190. The van der Waals surface area contributed by atoms with Crippen LogP contribution in [0.5, 0.6) is 0 Å². The molecule has 0 saturated heterocycles. The van der Waals surface area contributed by atoms with E-state index >= 15 is 0 Å². The van der Waals surface area contributed by atoms with E-state index in [1.165, 1.54) is 0 Å². The van der Waals surface area contributed by atoms with E-state index in [1.807, 2.05) is 60.9 Å². The van der Waals surface area contributed by atoms with Crippen molar-refractivity contribution < 1.29 is 19.9 Å². The number of hydrogen-bond acceptors (Lipinski definition) is 9. The monoisotopic (exact) mass is 464 g/mol. The van der Waals surface area contributed by atoms with Gasteiger partial charge in [0.2, 0.25) is 0 Å². The molecule has 4 aromatic rings. The maximum atomic E-state index is 9.17. The first-order valence-electron chi connectivity index (χ1n) is 11.1. The molecule has 10 nitrogen and oxygen atoms in total. The molecular formula is C24H28N6O4. The maximum Gasteiger partial charge on any atom is 0.281 e. The third-order valence-electron chi connectivity index (χ3n) is 4.98. The van der Waals surface area contributed by atoms with Crippen molar-refractivity contribution in [2.45, 2.75) is 19.9 Å². The fourth-order valence-electron chi connectivity index (χ4n) is 3.37. The number of nitrogens with one attached hydrogen (secondary N) is 1. The average Bonchev–Trinajstić information content (AvgIpc) is 3.30. The van der Waals surface area contributed by atoms with Crippen LogP contribution in [0.3, 0.4) is 0 Å². The Hall–Kier alpha value is -3.57. The van der Waals surface area contributed by atoms with Crippen molar-refractivity contribution >= 4 is 28.6 Å². The minimum Gasteiger partial charge on any atom is -0.394 e. The van der Waals surface area contributed by atoms with Gasteiger partial charge in [-0.1, -0.05) is 47.7 Å². The van der Waals surface area contributed by atoms with Gasteiger partial charge >= 0.3 is 0 Å². The number of aliphatic hydroxyl groups is 2. The standard InChI is InChI=1S/C24H28N6O4/c1-17(2)29-16-25-21-22(26-20-10-8-19(9-11-20)18-6-4-3-5-7-18)27-24(28-23(21)29)30(33-14-12-31)34-15-13-32/h3-11,16-17,31-32H,12-15H2,1-2H3,(H,26,27,28). The molecule has 34 heavy (non-hydrogen) atoms. The lowest BCUT2D eigenvalue weighted by Crippen LogP contribution is -2.29. The summed E-state index contributed by atoms with van der Waals surface area (Å²) in [5.74, 6) is 0.581. The minimum atomic E-state index is -0.218. The third-order valence-corrected chi connectivity index (χ3v) is 4.98. The summed E-state index contributed by atoms with van der Waals surface area (Å²) in [6.45, 7) is 3.56. The molecule has 2 heterocycles. The van der Waals surface area contributed by atoms with Gasteiger partial charge in [-0.15, -0.1) is 0 Å². The van der Waals surface area contributed by atoms with Crippen molar-refractivity contribution in [1.29, 1.82) is 0 Å². The lowest BCUT2D eigenvalue weighted by atomic mass is 10.1. The number of aliphatic hydroxyl groups excluding tert-OH is 2. The van der Waals surface area contributed by atoms with E-state index in [-0.39, 0.29) is 38.4 Å². The Labute approximate surface area is 197 Å². The zero-order chi connectivity index (χ0) is 23.9. The number of fused-ring (bicyclic) bond motifs is 1. The Morgan fingerprint density at radius 1 is 0.912 bits per heavy atom. The van der Waals surface area contributed by atoms with E-state index in [0.717, 1.165) is 22.0 Å². The van der Waals surface area contributed by atoms with Gasteiger partial charge in [-0.3, -0.25) is 0 Å². The van der Waals surface area contributed by atoms with Crippen molar-refractivity contribution in [3.8, 4) is 11.1 Å². The van der Waals surface area contributed by atoms with Crippen molar-refractivity contribution in [3.63, 3.8) is 0 Å². The summed E-state index contributed by atoms with van der Waals surface area (Å²) in [6.07, 6.45) is 1.71. The first kappa shape index (κ1) is 23.6. The van der Waals surface area contributed by atoms with Crippen LogP contribution in [0.2, 0.25) is 0 Å². The summed E-state index contributed by atoms with van der Waals surface area (Å²) < 4.78 is 1.92.